The minimum Gasteiger partial charge on any atom is -0.455 e. The third-order valence-corrected chi connectivity index (χ3v) is 8.63. The first-order valence-corrected chi connectivity index (χ1v) is 14.4. The summed E-state index contributed by atoms with van der Waals surface area (Å²) in [6.45, 7) is 0. The summed E-state index contributed by atoms with van der Waals surface area (Å²) in [5, 5.41) is 8.53. The predicted octanol–water partition coefficient (Wildman–Crippen LogP) is 11.5. The molecule has 9 rings (SSSR count). The number of fused-ring (bicyclic) bond motifs is 6. The molecule has 1 aliphatic carbocycles. The fraction of sp³-hybridized carbons (Fsp3) is 0. The summed E-state index contributed by atoms with van der Waals surface area (Å²) in [7, 11) is 0. The van der Waals surface area contributed by atoms with Gasteiger partial charge in [0.25, 0.3) is 0 Å². The number of anilines is 2. The maximum absolute atomic E-state index is 6.26. The average Bonchev–Trinajstić information content (AvgIpc) is 3.59. The van der Waals surface area contributed by atoms with Crippen LogP contribution in [0.1, 0.15) is 0 Å². The second-order valence-electron chi connectivity index (χ2n) is 11.0. The molecule has 0 radical (unpaired) electrons. The van der Waals surface area contributed by atoms with Gasteiger partial charge in [-0.25, -0.2) is 0 Å². The van der Waals surface area contributed by atoms with Gasteiger partial charge in [0.15, 0.2) is 0 Å². The maximum atomic E-state index is 6.26. The van der Waals surface area contributed by atoms with Gasteiger partial charge in [0.1, 0.15) is 11.2 Å². The van der Waals surface area contributed by atoms with Crippen LogP contribution in [0.3, 0.4) is 0 Å². The van der Waals surface area contributed by atoms with Gasteiger partial charge in [-0.05, 0) is 80.0 Å². The van der Waals surface area contributed by atoms with E-state index in [-0.39, 0.29) is 0 Å². The van der Waals surface area contributed by atoms with Crippen LogP contribution in [0.15, 0.2) is 150 Å². The highest BCUT2D eigenvalue weighted by Gasteiger charge is 2.22. The first-order valence-electron chi connectivity index (χ1n) is 14.4. The van der Waals surface area contributed by atoms with E-state index in [1.165, 1.54) is 44.2 Å². The van der Waals surface area contributed by atoms with E-state index in [0.717, 1.165) is 44.4 Å². The third kappa shape index (κ3) is 3.45. The first-order chi connectivity index (χ1) is 20.8. The van der Waals surface area contributed by atoms with Crippen molar-refractivity contribution in [3.05, 3.63) is 146 Å². The molecule has 1 aliphatic rings. The Morgan fingerprint density at radius 1 is 0.357 bits per heavy atom. The molecule has 2 nitrogen and oxygen atoms in total. The van der Waals surface area contributed by atoms with Gasteiger partial charge in [0.2, 0.25) is 0 Å². The molecule has 42 heavy (non-hydrogen) atoms. The molecule has 1 N–H and O–H groups in total. The molecule has 1 aromatic heterocycles. The maximum Gasteiger partial charge on any atom is 0.143 e. The van der Waals surface area contributed by atoms with Crippen LogP contribution in [-0.2, 0) is 0 Å². The Labute approximate surface area is 243 Å². The minimum atomic E-state index is 0.920. The highest BCUT2D eigenvalue weighted by atomic mass is 16.3. The summed E-state index contributed by atoms with van der Waals surface area (Å²) < 4.78 is 6.26. The number of para-hydroxylation sites is 2. The molecular weight excluding hydrogens is 510 g/mol. The van der Waals surface area contributed by atoms with Gasteiger partial charge >= 0.3 is 0 Å². The molecule has 7 aromatic carbocycles. The number of hydrogen-bond acceptors (Lipinski definition) is 2. The van der Waals surface area contributed by atoms with Crippen LogP contribution in [0.4, 0.5) is 11.4 Å². The predicted molar refractivity (Wildman–Crippen MR) is 176 cm³/mol. The molecule has 0 saturated heterocycles. The zero-order chi connectivity index (χ0) is 27.6. The van der Waals surface area contributed by atoms with E-state index >= 15 is 0 Å². The average molecular weight is 536 g/mol. The minimum absolute atomic E-state index is 0.920. The molecule has 0 spiro atoms. The molecule has 0 fully saturated rings. The molecule has 8 aromatic rings. The van der Waals surface area contributed by atoms with Crippen molar-refractivity contribution >= 4 is 44.1 Å². The van der Waals surface area contributed by atoms with Crippen molar-refractivity contribution in [2.24, 2.45) is 0 Å². The van der Waals surface area contributed by atoms with Gasteiger partial charge in [-0.15, -0.1) is 0 Å². The van der Waals surface area contributed by atoms with Crippen LogP contribution in [0.2, 0.25) is 0 Å². The van der Waals surface area contributed by atoms with Crippen molar-refractivity contribution in [3.8, 4) is 44.5 Å². The van der Waals surface area contributed by atoms with Crippen molar-refractivity contribution in [1.29, 1.82) is 0 Å². The monoisotopic (exact) mass is 535 g/mol. The summed E-state index contributed by atoms with van der Waals surface area (Å²) in [6, 6.07) is 51.9. The molecular formula is C40H25NO. The Morgan fingerprint density at radius 2 is 0.881 bits per heavy atom. The summed E-state index contributed by atoms with van der Waals surface area (Å²) in [5.74, 6) is 0. The van der Waals surface area contributed by atoms with Gasteiger partial charge in [0.05, 0.1) is 0 Å². The molecule has 0 aliphatic heterocycles. The standard InChI is InChI=1S/C40H25NO/c1-2-8-32-31(7-1)35-12-6-11-34-29(23-24-36(32)39(34)35)25-15-19-27(20-16-25)41-28-21-17-26(18-22-28)30-10-5-13-37-33-9-3-4-14-38(33)42-40(30)37/h1-24,41H. The molecule has 0 saturated carbocycles. The van der Waals surface area contributed by atoms with E-state index in [1.807, 2.05) is 12.1 Å². The van der Waals surface area contributed by atoms with E-state index in [0.29, 0.717) is 0 Å². The van der Waals surface area contributed by atoms with E-state index in [9.17, 15) is 0 Å². The first kappa shape index (κ1) is 23.1. The topological polar surface area (TPSA) is 25.2 Å². The number of nitrogens with one attached hydrogen (secondary N) is 1. The molecule has 0 atom stereocenters. The van der Waals surface area contributed by atoms with E-state index in [1.54, 1.807) is 0 Å². The summed E-state index contributed by atoms with van der Waals surface area (Å²) in [5.41, 5.74) is 14.0. The van der Waals surface area contributed by atoms with Crippen molar-refractivity contribution < 1.29 is 4.42 Å². The summed E-state index contributed by atoms with van der Waals surface area (Å²) >= 11 is 0. The van der Waals surface area contributed by atoms with Crippen molar-refractivity contribution in [2.75, 3.05) is 5.32 Å². The van der Waals surface area contributed by atoms with Gasteiger partial charge in [0, 0.05) is 27.7 Å². The second kappa shape index (κ2) is 8.95. The van der Waals surface area contributed by atoms with Crippen LogP contribution in [-0.4, -0.2) is 0 Å². The van der Waals surface area contributed by atoms with Gasteiger partial charge in [-0.2, -0.15) is 0 Å². The lowest BCUT2D eigenvalue weighted by atomic mass is 9.94. The quantitative estimate of drug-likeness (QED) is 0.242. The Hall–Kier alpha value is -5.60. The van der Waals surface area contributed by atoms with E-state index in [4.69, 9.17) is 4.42 Å². The number of furan rings is 1. The Balaban J connectivity index is 1.01. The summed E-state index contributed by atoms with van der Waals surface area (Å²) in [6.07, 6.45) is 0. The third-order valence-electron chi connectivity index (χ3n) is 8.63. The van der Waals surface area contributed by atoms with Crippen LogP contribution in [0.5, 0.6) is 0 Å². The Bertz CT molecular complexity index is 2280. The fourth-order valence-corrected chi connectivity index (χ4v) is 6.67. The molecule has 0 amide bonds. The normalized spacial score (nSPS) is 11.8. The molecule has 196 valence electrons. The van der Waals surface area contributed by atoms with Crippen LogP contribution in [0, 0.1) is 0 Å². The van der Waals surface area contributed by atoms with Crippen molar-refractivity contribution in [1.82, 2.24) is 0 Å². The van der Waals surface area contributed by atoms with Gasteiger partial charge in [-0.3, -0.25) is 0 Å². The van der Waals surface area contributed by atoms with Crippen LogP contribution < -0.4 is 5.32 Å². The van der Waals surface area contributed by atoms with Crippen molar-refractivity contribution in [3.63, 3.8) is 0 Å². The number of rotatable bonds is 4. The second-order valence-corrected chi connectivity index (χ2v) is 11.0. The van der Waals surface area contributed by atoms with E-state index < -0.39 is 0 Å². The van der Waals surface area contributed by atoms with Gasteiger partial charge in [-0.1, -0.05) is 115 Å². The Kier molecular flexibility index (Phi) is 4.93. The lowest BCUT2D eigenvalue weighted by Crippen LogP contribution is -1.90. The van der Waals surface area contributed by atoms with Crippen LogP contribution >= 0.6 is 0 Å². The zero-order valence-electron chi connectivity index (χ0n) is 22.8. The lowest BCUT2D eigenvalue weighted by molar-refractivity contribution is 0.670. The molecule has 1 heterocycles. The smallest absolute Gasteiger partial charge is 0.143 e. The molecule has 2 heteroatoms. The highest BCUT2D eigenvalue weighted by Crippen LogP contribution is 2.49. The largest absolute Gasteiger partial charge is 0.455 e. The van der Waals surface area contributed by atoms with Gasteiger partial charge < -0.3 is 9.73 Å². The molecule has 0 unspecified atom stereocenters. The fourth-order valence-electron chi connectivity index (χ4n) is 6.67. The number of hydrogen-bond donors (Lipinski definition) is 1. The summed E-state index contributed by atoms with van der Waals surface area (Å²) in [4.78, 5) is 0. The lowest BCUT2D eigenvalue weighted by Gasteiger charge is -2.12. The molecule has 0 bridgehead atoms. The Morgan fingerprint density at radius 3 is 1.62 bits per heavy atom. The highest BCUT2D eigenvalue weighted by molar-refractivity contribution is 6.18. The number of benzene rings is 7. The zero-order valence-corrected chi connectivity index (χ0v) is 22.8. The van der Waals surface area contributed by atoms with E-state index in [2.05, 4.69) is 139 Å². The van der Waals surface area contributed by atoms with Crippen LogP contribution in [0.25, 0.3) is 77.2 Å². The SMILES string of the molecule is c1ccc2c(c1)-c1cccc3c(-c4ccc(Nc5ccc(-c6cccc7c6oc6ccccc67)cc5)cc4)ccc-2c13. The van der Waals surface area contributed by atoms with Crippen molar-refractivity contribution in [2.45, 2.75) is 0 Å².